The maximum atomic E-state index is 9.51. The monoisotopic (exact) mass is 306 g/mol. The molecule has 22 heavy (non-hydrogen) atoms. The molecule has 2 unspecified atom stereocenters. The van der Waals surface area contributed by atoms with Gasteiger partial charge in [0.15, 0.2) is 0 Å². The minimum absolute atomic E-state index is 0.102. The highest BCUT2D eigenvalue weighted by molar-refractivity contribution is 5.31. The fraction of sp³-hybridized carbons (Fsp3) is 0.667. The lowest BCUT2D eigenvalue weighted by Gasteiger charge is -2.25. The molecule has 0 aromatic heterocycles. The van der Waals surface area contributed by atoms with Crippen molar-refractivity contribution < 1.29 is 19.3 Å². The van der Waals surface area contributed by atoms with Crippen molar-refractivity contribution in [3.63, 3.8) is 0 Å². The number of benzene rings is 1. The van der Waals surface area contributed by atoms with Gasteiger partial charge in [0.25, 0.3) is 0 Å². The number of aliphatic hydroxyl groups is 1. The summed E-state index contributed by atoms with van der Waals surface area (Å²) in [5.74, 6) is 2.32. The molecule has 3 rings (SSSR count). The Labute approximate surface area is 132 Å². The van der Waals surface area contributed by atoms with Gasteiger partial charge in [-0.1, -0.05) is 6.92 Å². The molecule has 1 aliphatic carbocycles. The fourth-order valence-corrected chi connectivity index (χ4v) is 3.01. The molecule has 2 fully saturated rings. The van der Waals surface area contributed by atoms with Crippen LogP contribution in [0.25, 0.3) is 0 Å². The highest BCUT2D eigenvalue weighted by Crippen LogP contribution is 2.27. The molecule has 4 nitrogen and oxygen atoms in total. The average molecular weight is 306 g/mol. The van der Waals surface area contributed by atoms with Crippen LogP contribution in [0.5, 0.6) is 11.5 Å². The van der Waals surface area contributed by atoms with Gasteiger partial charge < -0.3 is 19.3 Å². The second kappa shape index (κ2) is 7.34. The Morgan fingerprint density at radius 2 is 1.77 bits per heavy atom. The van der Waals surface area contributed by atoms with Gasteiger partial charge in [-0.2, -0.15) is 0 Å². The predicted molar refractivity (Wildman–Crippen MR) is 84.3 cm³/mol. The maximum Gasteiger partial charge on any atom is 0.127 e. The molecule has 4 heteroatoms. The second-order valence-electron chi connectivity index (χ2n) is 6.39. The smallest absolute Gasteiger partial charge is 0.127 e. The summed E-state index contributed by atoms with van der Waals surface area (Å²) in [5, 5.41) is 9.51. The first-order valence-corrected chi connectivity index (χ1v) is 8.43. The van der Waals surface area contributed by atoms with E-state index in [1.165, 1.54) is 0 Å². The summed E-state index contributed by atoms with van der Waals surface area (Å²) < 4.78 is 17.1. The molecule has 0 bridgehead atoms. The Kier molecular flexibility index (Phi) is 5.21. The van der Waals surface area contributed by atoms with Gasteiger partial charge in [-0.05, 0) is 62.3 Å². The lowest BCUT2D eigenvalue weighted by molar-refractivity contribution is 0.0917. The largest absolute Gasteiger partial charge is 0.493 e. The van der Waals surface area contributed by atoms with Crippen molar-refractivity contribution in [2.45, 2.75) is 57.3 Å². The van der Waals surface area contributed by atoms with E-state index < -0.39 is 0 Å². The number of epoxide rings is 1. The molecule has 0 radical (unpaired) electrons. The maximum absolute atomic E-state index is 9.51. The third-order valence-electron chi connectivity index (χ3n) is 4.59. The average Bonchev–Trinajstić information content (AvgIpc) is 3.38. The fourth-order valence-electron chi connectivity index (χ4n) is 3.01. The van der Waals surface area contributed by atoms with Crippen molar-refractivity contribution in [1.82, 2.24) is 0 Å². The van der Waals surface area contributed by atoms with Crippen LogP contribution in [0.3, 0.4) is 0 Å². The molecule has 0 amide bonds. The lowest BCUT2D eigenvalue weighted by atomic mass is 9.88. The van der Waals surface area contributed by atoms with Crippen molar-refractivity contribution in [3.05, 3.63) is 24.3 Å². The van der Waals surface area contributed by atoms with E-state index >= 15 is 0 Å². The van der Waals surface area contributed by atoms with Gasteiger partial charge in [0, 0.05) is 0 Å². The highest BCUT2D eigenvalue weighted by atomic mass is 16.6. The van der Waals surface area contributed by atoms with E-state index in [1.54, 1.807) is 0 Å². The van der Waals surface area contributed by atoms with Gasteiger partial charge in [0.2, 0.25) is 0 Å². The van der Waals surface area contributed by atoms with Crippen LogP contribution >= 0.6 is 0 Å². The Bertz CT molecular complexity index is 447. The molecule has 122 valence electrons. The third kappa shape index (κ3) is 4.37. The molecule has 2 atom stereocenters. The second-order valence-corrected chi connectivity index (χ2v) is 6.39. The molecule has 1 aromatic carbocycles. The molecule has 1 saturated heterocycles. The Morgan fingerprint density at radius 1 is 1.14 bits per heavy atom. The molecule has 1 aromatic rings. The Morgan fingerprint density at radius 3 is 2.36 bits per heavy atom. The number of ether oxygens (including phenoxy) is 3. The van der Waals surface area contributed by atoms with Crippen LogP contribution < -0.4 is 9.47 Å². The van der Waals surface area contributed by atoms with Gasteiger partial charge in [-0.25, -0.2) is 0 Å². The first kappa shape index (κ1) is 15.6. The van der Waals surface area contributed by atoms with E-state index in [0.717, 1.165) is 56.8 Å². The molecular formula is C18H26O4. The summed E-state index contributed by atoms with van der Waals surface area (Å²) in [6.45, 7) is 3.67. The van der Waals surface area contributed by atoms with Crippen LogP contribution in [0, 0.1) is 5.92 Å². The van der Waals surface area contributed by atoms with Crippen LogP contribution in [0.15, 0.2) is 24.3 Å². The van der Waals surface area contributed by atoms with Crippen molar-refractivity contribution in [2.75, 3.05) is 13.2 Å². The number of hydrogen-bond donors (Lipinski definition) is 1. The quantitative estimate of drug-likeness (QED) is 0.786. The van der Waals surface area contributed by atoms with E-state index in [-0.39, 0.29) is 18.3 Å². The third-order valence-corrected chi connectivity index (χ3v) is 4.59. The zero-order valence-electron chi connectivity index (χ0n) is 13.2. The molecule has 1 heterocycles. The van der Waals surface area contributed by atoms with Crippen molar-refractivity contribution in [2.24, 2.45) is 5.92 Å². The van der Waals surface area contributed by atoms with Crippen molar-refractivity contribution in [3.8, 4) is 11.5 Å². The molecular weight excluding hydrogens is 280 g/mol. The minimum atomic E-state index is -0.102. The highest BCUT2D eigenvalue weighted by Gasteiger charge is 2.33. The molecule has 1 aliphatic heterocycles. The van der Waals surface area contributed by atoms with E-state index in [1.807, 2.05) is 24.3 Å². The predicted octanol–water partition coefficient (Wildman–Crippen LogP) is 3.17. The van der Waals surface area contributed by atoms with Crippen LogP contribution in [0.2, 0.25) is 0 Å². The first-order chi connectivity index (χ1) is 10.7. The van der Waals surface area contributed by atoms with Crippen LogP contribution in [0.1, 0.15) is 39.0 Å². The first-order valence-electron chi connectivity index (χ1n) is 8.43. The minimum Gasteiger partial charge on any atom is -0.493 e. The zero-order chi connectivity index (χ0) is 15.4. The van der Waals surface area contributed by atoms with Gasteiger partial charge in [0.05, 0.1) is 19.3 Å². The van der Waals surface area contributed by atoms with Crippen molar-refractivity contribution >= 4 is 0 Å². The topological polar surface area (TPSA) is 51.2 Å². The van der Waals surface area contributed by atoms with Crippen LogP contribution in [-0.2, 0) is 4.74 Å². The lowest BCUT2D eigenvalue weighted by Crippen LogP contribution is -2.22. The van der Waals surface area contributed by atoms with E-state index in [2.05, 4.69) is 6.92 Å². The summed E-state index contributed by atoms with van der Waals surface area (Å²) >= 11 is 0. The Balaban J connectivity index is 1.44. The molecule has 0 spiro atoms. The van der Waals surface area contributed by atoms with Crippen LogP contribution in [0.4, 0.5) is 0 Å². The summed E-state index contributed by atoms with van der Waals surface area (Å²) in [6.07, 6.45) is 5.20. The van der Waals surface area contributed by atoms with E-state index in [9.17, 15) is 5.11 Å². The SMILES string of the molecule is CCC(Oc1ccc(OCC2CCC(O)CC2)cc1)C1CO1. The standard InChI is InChI=1S/C18H26O4/c1-2-17(18-12-21-18)22-16-9-7-15(8-10-16)20-11-13-3-5-14(19)6-4-13/h7-10,13-14,17-19H,2-6,11-12H2,1H3. The Hall–Kier alpha value is -1.26. The van der Waals surface area contributed by atoms with Crippen LogP contribution in [-0.4, -0.2) is 36.6 Å². The van der Waals surface area contributed by atoms with Gasteiger partial charge >= 0.3 is 0 Å². The zero-order valence-corrected chi connectivity index (χ0v) is 13.2. The van der Waals surface area contributed by atoms with Gasteiger partial charge in [-0.15, -0.1) is 0 Å². The molecule has 1 N–H and O–H groups in total. The number of aliphatic hydroxyl groups excluding tert-OH is 1. The normalized spacial score (nSPS) is 28.9. The molecule has 2 aliphatic rings. The van der Waals surface area contributed by atoms with Crippen molar-refractivity contribution in [1.29, 1.82) is 0 Å². The summed E-state index contributed by atoms with van der Waals surface area (Å²) in [6, 6.07) is 7.86. The summed E-state index contributed by atoms with van der Waals surface area (Å²) in [4.78, 5) is 0. The van der Waals surface area contributed by atoms with Gasteiger partial charge in [-0.3, -0.25) is 0 Å². The summed E-state index contributed by atoms with van der Waals surface area (Å²) in [7, 11) is 0. The van der Waals surface area contributed by atoms with E-state index in [4.69, 9.17) is 14.2 Å². The van der Waals surface area contributed by atoms with E-state index in [0.29, 0.717) is 5.92 Å². The number of rotatable bonds is 7. The molecule has 1 saturated carbocycles. The van der Waals surface area contributed by atoms with Gasteiger partial charge in [0.1, 0.15) is 23.7 Å². The summed E-state index contributed by atoms with van der Waals surface area (Å²) in [5.41, 5.74) is 0. The number of hydrogen-bond acceptors (Lipinski definition) is 4.